The average Bonchev–Trinajstić information content (AvgIpc) is 3.17. The Bertz CT molecular complexity index is 647. The van der Waals surface area contributed by atoms with Gasteiger partial charge in [0.15, 0.2) is 5.69 Å². The van der Waals surface area contributed by atoms with Crippen molar-refractivity contribution in [3.8, 4) is 17.0 Å². The number of aromatic nitrogens is 3. The Morgan fingerprint density at radius 1 is 1.45 bits per heavy atom. The molecule has 0 radical (unpaired) electrons. The Kier molecular flexibility index (Phi) is 3.14. The van der Waals surface area contributed by atoms with Crippen LogP contribution in [-0.2, 0) is 4.74 Å². The third kappa shape index (κ3) is 2.24. The van der Waals surface area contributed by atoms with E-state index in [1.807, 2.05) is 6.07 Å². The van der Waals surface area contributed by atoms with E-state index in [9.17, 15) is 9.90 Å². The monoisotopic (exact) mass is 273 g/mol. The predicted octanol–water partition coefficient (Wildman–Crippen LogP) is 2.23. The molecular formula is C14H15N3O3. The number of aromatic amines is 1. The normalized spacial score (nSPS) is 14.2. The number of H-pyrrole nitrogens is 1. The molecule has 0 atom stereocenters. The molecule has 2 N–H and O–H groups in total. The van der Waals surface area contributed by atoms with Crippen molar-refractivity contribution in [3.63, 3.8) is 0 Å². The highest BCUT2D eigenvalue weighted by Gasteiger charge is 2.26. The first-order valence-corrected chi connectivity index (χ1v) is 6.62. The van der Waals surface area contributed by atoms with Crippen LogP contribution in [0.3, 0.4) is 0 Å². The second kappa shape index (κ2) is 4.96. The third-order valence-electron chi connectivity index (χ3n) is 3.34. The smallest absolute Gasteiger partial charge is 0.361 e. The number of carbonyl (C=O) groups excluding carboxylic acids is 1. The molecule has 0 saturated heterocycles. The van der Waals surface area contributed by atoms with E-state index >= 15 is 0 Å². The number of hydrogen-bond acceptors (Lipinski definition) is 5. The molecule has 6 nitrogen and oxygen atoms in total. The van der Waals surface area contributed by atoms with Gasteiger partial charge in [0.2, 0.25) is 0 Å². The Labute approximate surface area is 115 Å². The highest BCUT2D eigenvalue weighted by Crippen LogP contribution is 2.42. The van der Waals surface area contributed by atoms with Gasteiger partial charge in [-0.15, -0.1) is 5.10 Å². The number of ether oxygens (including phenoxy) is 1. The standard InChI is InChI=1S/C14H15N3O3/c1-2-20-14(19)13-12(15-17-16-13)10-6-5-9(7-11(10)18)8-3-4-8/h5-8,18H,2-4H2,1H3,(H,15,16,17). The summed E-state index contributed by atoms with van der Waals surface area (Å²) in [6, 6.07) is 5.45. The summed E-state index contributed by atoms with van der Waals surface area (Å²) in [5, 5.41) is 20.3. The van der Waals surface area contributed by atoms with Crippen LogP contribution in [-0.4, -0.2) is 33.1 Å². The molecule has 20 heavy (non-hydrogen) atoms. The Morgan fingerprint density at radius 2 is 2.25 bits per heavy atom. The van der Waals surface area contributed by atoms with Gasteiger partial charge < -0.3 is 9.84 Å². The van der Waals surface area contributed by atoms with E-state index in [0.29, 0.717) is 17.2 Å². The molecule has 1 fully saturated rings. The van der Waals surface area contributed by atoms with Crippen molar-refractivity contribution in [1.29, 1.82) is 0 Å². The Hall–Kier alpha value is -2.37. The number of benzene rings is 1. The fourth-order valence-electron chi connectivity index (χ4n) is 2.18. The molecule has 1 aromatic carbocycles. The van der Waals surface area contributed by atoms with Crippen LogP contribution in [0.2, 0.25) is 0 Å². The van der Waals surface area contributed by atoms with E-state index < -0.39 is 5.97 Å². The molecule has 1 aliphatic carbocycles. The number of aromatic hydroxyl groups is 1. The molecule has 0 amide bonds. The zero-order valence-corrected chi connectivity index (χ0v) is 11.1. The molecule has 1 heterocycles. The lowest BCUT2D eigenvalue weighted by molar-refractivity contribution is 0.0520. The first kappa shape index (κ1) is 12.7. The lowest BCUT2D eigenvalue weighted by Crippen LogP contribution is -2.06. The van der Waals surface area contributed by atoms with Crippen molar-refractivity contribution >= 4 is 5.97 Å². The summed E-state index contributed by atoms with van der Waals surface area (Å²) in [5.41, 5.74) is 1.99. The zero-order chi connectivity index (χ0) is 14.1. The van der Waals surface area contributed by atoms with Gasteiger partial charge in [0, 0.05) is 5.56 Å². The quantitative estimate of drug-likeness (QED) is 0.834. The van der Waals surface area contributed by atoms with Gasteiger partial charge in [0.25, 0.3) is 0 Å². The number of nitrogens with one attached hydrogen (secondary N) is 1. The molecule has 0 bridgehead atoms. The van der Waals surface area contributed by atoms with Crippen LogP contribution in [0.1, 0.15) is 41.7 Å². The van der Waals surface area contributed by atoms with Gasteiger partial charge in [-0.3, -0.25) is 0 Å². The topological polar surface area (TPSA) is 88.1 Å². The highest BCUT2D eigenvalue weighted by molar-refractivity contribution is 5.94. The van der Waals surface area contributed by atoms with Crippen LogP contribution in [0, 0.1) is 0 Å². The molecule has 1 saturated carbocycles. The summed E-state index contributed by atoms with van der Waals surface area (Å²) in [7, 11) is 0. The largest absolute Gasteiger partial charge is 0.507 e. The number of nitrogens with zero attached hydrogens (tertiary/aromatic N) is 2. The summed E-state index contributed by atoms with van der Waals surface area (Å²) in [4.78, 5) is 11.8. The molecule has 2 aromatic rings. The minimum atomic E-state index is -0.554. The fourth-order valence-corrected chi connectivity index (χ4v) is 2.18. The van der Waals surface area contributed by atoms with Crippen LogP contribution in [0.25, 0.3) is 11.3 Å². The summed E-state index contributed by atoms with van der Waals surface area (Å²) in [6.45, 7) is 1.98. The van der Waals surface area contributed by atoms with Gasteiger partial charge in [-0.2, -0.15) is 10.3 Å². The van der Waals surface area contributed by atoms with Crippen molar-refractivity contribution in [2.75, 3.05) is 6.61 Å². The summed E-state index contributed by atoms with van der Waals surface area (Å²) in [6.07, 6.45) is 2.33. The molecular weight excluding hydrogens is 258 g/mol. The van der Waals surface area contributed by atoms with Crippen LogP contribution in [0.4, 0.5) is 0 Å². The fraction of sp³-hybridized carbons (Fsp3) is 0.357. The van der Waals surface area contributed by atoms with E-state index in [0.717, 1.165) is 18.4 Å². The minimum Gasteiger partial charge on any atom is -0.507 e. The van der Waals surface area contributed by atoms with Crippen LogP contribution in [0.15, 0.2) is 18.2 Å². The van der Waals surface area contributed by atoms with E-state index in [-0.39, 0.29) is 18.1 Å². The average molecular weight is 273 g/mol. The first-order chi connectivity index (χ1) is 9.70. The third-order valence-corrected chi connectivity index (χ3v) is 3.34. The number of carbonyl (C=O) groups is 1. The predicted molar refractivity (Wildman–Crippen MR) is 71.4 cm³/mol. The lowest BCUT2D eigenvalue weighted by Gasteiger charge is -2.06. The maximum Gasteiger partial charge on any atom is 0.361 e. The van der Waals surface area contributed by atoms with Crippen molar-refractivity contribution in [3.05, 3.63) is 29.5 Å². The van der Waals surface area contributed by atoms with Crippen molar-refractivity contribution in [2.24, 2.45) is 0 Å². The van der Waals surface area contributed by atoms with Gasteiger partial charge in [-0.25, -0.2) is 4.79 Å². The molecule has 3 rings (SSSR count). The van der Waals surface area contributed by atoms with Gasteiger partial charge in [-0.05, 0) is 43.4 Å². The number of esters is 1. The lowest BCUT2D eigenvalue weighted by atomic mass is 10.0. The van der Waals surface area contributed by atoms with Crippen LogP contribution in [0.5, 0.6) is 5.75 Å². The van der Waals surface area contributed by atoms with E-state index in [1.54, 1.807) is 19.1 Å². The highest BCUT2D eigenvalue weighted by atomic mass is 16.5. The second-order valence-electron chi connectivity index (χ2n) is 4.79. The number of phenolic OH excluding ortho intramolecular Hbond substituents is 1. The molecule has 0 unspecified atom stereocenters. The van der Waals surface area contributed by atoms with E-state index in [1.165, 1.54) is 0 Å². The number of rotatable bonds is 4. The maximum atomic E-state index is 11.8. The Morgan fingerprint density at radius 3 is 2.90 bits per heavy atom. The second-order valence-corrected chi connectivity index (χ2v) is 4.79. The van der Waals surface area contributed by atoms with E-state index in [4.69, 9.17) is 4.74 Å². The molecule has 6 heteroatoms. The van der Waals surface area contributed by atoms with Gasteiger partial charge >= 0.3 is 5.97 Å². The van der Waals surface area contributed by atoms with Crippen molar-refractivity contribution in [2.45, 2.75) is 25.7 Å². The zero-order valence-electron chi connectivity index (χ0n) is 11.1. The summed E-state index contributed by atoms with van der Waals surface area (Å²) < 4.78 is 4.92. The maximum absolute atomic E-state index is 11.8. The van der Waals surface area contributed by atoms with Crippen molar-refractivity contribution in [1.82, 2.24) is 15.4 Å². The van der Waals surface area contributed by atoms with Crippen LogP contribution >= 0.6 is 0 Å². The summed E-state index contributed by atoms with van der Waals surface area (Å²) in [5.74, 6) is 0.104. The molecule has 1 aliphatic rings. The van der Waals surface area contributed by atoms with Gasteiger partial charge in [-0.1, -0.05) is 6.07 Å². The minimum absolute atomic E-state index is 0.0846. The summed E-state index contributed by atoms with van der Waals surface area (Å²) >= 11 is 0. The van der Waals surface area contributed by atoms with Gasteiger partial charge in [0.05, 0.1) is 6.61 Å². The molecule has 0 spiro atoms. The first-order valence-electron chi connectivity index (χ1n) is 6.62. The van der Waals surface area contributed by atoms with Crippen molar-refractivity contribution < 1.29 is 14.6 Å². The molecule has 0 aliphatic heterocycles. The molecule has 1 aromatic heterocycles. The van der Waals surface area contributed by atoms with Gasteiger partial charge in [0.1, 0.15) is 11.4 Å². The molecule has 104 valence electrons. The number of phenols is 1. The Balaban J connectivity index is 1.96. The SMILES string of the molecule is CCOC(=O)c1n[nH]nc1-c1ccc(C2CC2)cc1O. The number of hydrogen-bond donors (Lipinski definition) is 2. The van der Waals surface area contributed by atoms with Crippen LogP contribution < -0.4 is 0 Å². The van der Waals surface area contributed by atoms with E-state index in [2.05, 4.69) is 15.4 Å².